The van der Waals surface area contributed by atoms with Gasteiger partial charge in [-0.3, -0.25) is 0 Å². The summed E-state index contributed by atoms with van der Waals surface area (Å²) in [7, 11) is 0. The van der Waals surface area contributed by atoms with Crippen LogP contribution in [0.4, 0.5) is 0 Å². The maximum atomic E-state index is 5.78. The standard InChI is InChI=1S/C14H20O2/c1-3-14(10-16-11-14)9-15-8-13-6-4-12(2)5-7-13/h4-7H,3,8-11H2,1-2H3. The molecule has 1 saturated heterocycles. The van der Waals surface area contributed by atoms with Gasteiger partial charge in [-0.1, -0.05) is 36.8 Å². The minimum Gasteiger partial charge on any atom is -0.380 e. The topological polar surface area (TPSA) is 18.5 Å². The SMILES string of the molecule is CCC1(COCc2ccc(C)cc2)COC1. The van der Waals surface area contributed by atoms with Crippen LogP contribution in [0.15, 0.2) is 24.3 Å². The summed E-state index contributed by atoms with van der Waals surface area (Å²) in [6.45, 7) is 7.55. The van der Waals surface area contributed by atoms with Crippen LogP contribution in [0.5, 0.6) is 0 Å². The molecule has 0 aromatic heterocycles. The molecular weight excluding hydrogens is 200 g/mol. The van der Waals surface area contributed by atoms with E-state index in [4.69, 9.17) is 9.47 Å². The van der Waals surface area contributed by atoms with Gasteiger partial charge in [-0.2, -0.15) is 0 Å². The van der Waals surface area contributed by atoms with Crippen LogP contribution in [0.25, 0.3) is 0 Å². The number of rotatable bonds is 5. The van der Waals surface area contributed by atoms with Crippen molar-refractivity contribution < 1.29 is 9.47 Å². The summed E-state index contributed by atoms with van der Waals surface area (Å²) >= 11 is 0. The first-order valence-electron chi connectivity index (χ1n) is 5.95. The molecule has 16 heavy (non-hydrogen) atoms. The molecule has 0 N–H and O–H groups in total. The molecule has 0 unspecified atom stereocenters. The lowest BCUT2D eigenvalue weighted by atomic mass is 9.84. The maximum Gasteiger partial charge on any atom is 0.0717 e. The van der Waals surface area contributed by atoms with Crippen molar-refractivity contribution in [2.75, 3.05) is 19.8 Å². The average Bonchev–Trinajstić information content (AvgIpc) is 2.25. The number of hydrogen-bond acceptors (Lipinski definition) is 2. The highest BCUT2D eigenvalue weighted by atomic mass is 16.5. The monoisotopic (exact) mass is 220 g/mol. The highest BCUT2D eigenvalue weighted by Crippen LogP contribution is 2.31. The van der Waals surface area contributed by atoms with E-state index in [0.717, 1.165) is 26.2 Å². The molecule has 1 aromatic rings. The molecule has 0 bridgehead atoms. The zero-order valence-electron chi connectivity index (χ0n) is 10.2. The van der Waals surface area contributed by atoms with E-state index in [0.29, 0.717) is 12.0 Å². The van der Waals surface area contributed by atoms with E-state index < -0.39 is 0 Å². The fourth-order valence-corrected chi connectivity index (χ4v) is 1.85. The molecule has 2 rings (SSSR count). The van der Waals surface area contributed by atoms with E-state index in [2.05, 4.69) is 38.1 Å². The minimum atomic E-state index is 0.296. The van der Waals surface area contributed by atoms with Gasteiger partial charge in [0, 0.05) is 5.41 Å². The zero-order chi connectivity index (χ0) is 11.4. The van der Waals surface area contributed by atoms with Crippen molar-refractivity contribution in [3.8, 4) is 0 Å². The molecule has 1 aromatic carbocycles. The lowest BCUT2D eigenvalue weighted by Gasteiger charge is -2.40. The summed E-state index contributed by atoms with van der Waals surface area (Å²) in [6, 6.07) is 8.51. The third kappa shape index (κ3) is 2.63. The zero-order valence-corrected chi connectivity index (χ0v) is 10.2. The maximum absolute atomic E-state index is 5.78. The second-order valence-electron chi connectivity index (χ2n) is 4.82. The van der Waals surface area contributed by atoms with E-state index in [1.165, 1.54) is 11.1 Å². The Morgan fingerprint density at radius 3 is 2.44 bits per heavy atom. The smallest absolute Gasteiger partial charge is 0.0717 e. The van der Waals surface area contributed by atoms with Crippen molar-refractivity contribution in [1.82, 2.24) is 0 Å². The van der Waals surface area contributed by atoms with Gasteiger partial charge in [-0.15, -0.1) is 0 Å². The molecule has 0 aliphatic carbocycles. The molecule has 88 valence electrons. The van der Waals surface area contributed by atoms with Gasteiger partial charge in [-0.25, -0.2) is 0 Å². The van der Waals surface area contributed by atoms with Crippen LogP contribution in [0.3, 0.4) is 0 Å². The lowest BCUT2D eigenvalue weighted by molar-refractivity contribution is -0.152. The molecule has 0 amide bonds. The molecule has 1 heterocycles. The molecule has 2 nitrogen and oxygen atoms in total. The van der Waals surface area contributed by atoms with E-state index in [1.807, 2.05) is 0 Å². The van der Waals surface area contributed by atoms with Crippen molar-refractivity contribution in [3.05, 3.63) is 35.4 Å². The summed E-state index contributed by atoms with van der Waals surface area (Å²) in [6.07, 6.45) is 1.14. The van der Waals surface area contributed by atoms with Crippen LogP contribution in [-0.2, 0) is 16.1 Å². The molecule has 0 spiro atoms. The van der Waals surface area contributed by atoms with Crippen LogP contribution in [0, 0.1) is 12.3 Å². The molecule has 1 fully saturated rings. The Hall–Kier alpha value is -0.860. The van der Waals surface area contributed by atoms with Gasteiger partial charge in [-0.05, 0) is 18.9 Å². The number of ether oxygens (including phenoxy) is 2. The Balaban J connectivity index is 1.77. The second-order valence-corrected chi connectivity index (χ2v) is 4.82. The molecule has 0 saturated carbocycles. The van der Waals surface area contributed by atoms with Gasteiger partial charge in [0.2, 0.25) is 0 Å². The Labute approximate surface area is 97.6 Å². The normalized spacial score (nSPS) is 18.1. The van der Waals surface area contributed by atoms with E-state index in [-0.39, 0.29) is 0 Å². The van der Waals surface area contributed by atoms with Crippen LogP contribution >= 0.6 is 0 Å². The van der Waals surface area contributed by atoms with Gasteiger partial charge in [0.25, 0.3) is 0 Å². The Kier molecular flexibility index (Phi) is 3.62. The molecule has 2 heteroatoms. The van der Waals surface area contributed by atoms with Gasteiger partial charge in [0.05, 0.1) is 26.4 Å². The van der Waals surface area contributed by atoms with Crippen molar-refractivity contribution in [3.63, 3.8) is 0 Å². The fraction of sp³-hybridized carbons (Fsp3) is 0.571. The molecule has 1 aliphatic rings. The van der Waals surface area contributed by atoms with Gasteiger partial charge in [0.1, 0.15) is 0 Å². The summed E-state index contributed by atoms with van der Waals surface area (Å²) < 4.78 is 11.0. The predicted molar refractivity (Wildman–Crippen MR) is 64.4 cm³/mol. The Morgan fingerprint density at radius 2 is 1.94 bits per heavy atom. The van der Waals surface area contributed by atoms with E-state index in [9.17, 15) is 0 Å². The van der Waals surface area contributed by atoms with Gasteiger partial charge in [0.15, 0.2) is 0 Å². The highest BCUT2D eigenvalue weighted by molar-refractivity contribution is 5.20. The van der Waals surface area contributed by atoms with Gasteiger partial charge >= 0.3 is 0 Å². The first-order chi connectivity index (χ1) is 7.74. The first kappa shape index (κ1) is 11.6. The number of hydrogen-bond donors (Lipinski definition) is 0. The number of aryl methyl sites for hydroxylation is 1. The molecule has 1 aliphatic heterocycles. The quantitative estimate of drug-likeness (QED) is 0.759. The Bertz CT molecular complexity index is 320. The van der Waals surface area contributed by atoms with E-state index >= 15 is 0 Å². The van der Waals surface area contributed by atoms with Crippen LogP contribution in [0.2, 0.25) is 0 Å². The van der Waals surface area contributed by atoms with Crippen molar-refractivity contribution in [1.29, 1.82) is 0 Å². The highest BCUT2D eigenvalue weighted by Gasteiger charge is 2.36. The third-order valence-corrected chi connectivity index (χ3v) is 3.36. The second kappa shape index (κ2) is 4.98. The minimum absolute atomic E-state index is 0.296. The predicted octanol–water partition coefficient (Wildman–Crippen LogP) is 2.94. The van der Waals surface area contributed by atoms with Crippen LogP contribution in [-0.4, -0.2) is 19.8 Å². The summed E-state index contributed by atoms with van der Waals surface area (Å²) in [5, 5.41) is 0. The first-order valence-corrected chi connectivity index (χ1v) is 5.95. The van der Waals surface area contributed by atoms with Gasteiger partial charge < -0.3 is 9.47 Å². The Morgan fingerprint density at radius 1 is 1.25 bits per heavy atom. The third-order valence-electron chi connectivity index (χ3n) is 3.36. The largest absolute Gasteiger partial charge is 0.380 e. The summed E-state index contributed by atoms with van der Waals surface area (Å²) in [5.41, 5.74) is 2.84. The number of benzene rings is 1. The molecular formula is C14H20O2. The van der Waals surface area contributed by atoms with E-state index in [1.54, 1.807) is 0 Å². The molecule has 0 radical (unpaired) electrons. The summed E-state index contributed by atoms with van der Waals surface area (Å²) in [5.74, 6) is 0. The lowest BCUT2D eigenvalue weighted by Crippen LogP contribution is -2.45. The molecule has 0 atom stereocenters. The van der Waals surface area contributed by atoms with Crippen LogP contribution < -0.4 is 0 Å². The fourth-order valence-electron chi connectivity index (χ4n) is 1.85. The van der Waals surface area contributed by atoms with Crippen molar-refractivity contribution >= 4 is 0 Å². The van der Waals surface area contributed by atoms with Crippen molar-refractivity contribution in [2.24, 2.45) is 5.41 Å². The van der Waals surface area contributed by atoms with Crippen molar-refractivity contribution in [2.45, 2.75) is 26.9 Å². The summed E-state index contributed by atoms with van der Waals surface area (Å²) in [4.78, 5) is 0. The average molecular weight is 220 g/mol. The van der Waals surface area contributed by atoms with Crippen LogP contribution in [0.1, 0.15) is 24.5 Å².